The SMILES string of the molecule is COc1cc(C)c([S+](=O)(O)Nc2c(C)nn(C)c2C)c(C)c1C. The van der Waals surface area contributed by atoms with Gasteiger partial charge in [-0.25, -0.2) is 0 Å². The molecule has 0 saturated heterocycles. The van der Waals surface area contributed by atoms with Crippen LogP contribution in [-0.2, 0) is 21.7 Å². The molecule has 0 aliphatic carbocycles. The van der Waals surface area contributed by atoms with Crippen LogP contribution in [0.25, 0.3) is 0 Å². The maximum atomic E-state index is 13.0. The van der Waals surface area contributed by atoms with E-state index >= 15 is 0 Å². The van der Waals surface area contributed by atoms with Crippen LogP contribution < -0.4 is 9.46 Å². The summed E-state index contributed by atoms with van der Waals surface area (Å²) in [6.45, 7) is 9.19. The summed E-state index contributed by atoms with van der Waals surface area (Å²) in [4.78, 5) is 0.401. The second-order valence-electron chi connectivity index (χ2n) is 5.77. The molecule has 0 radical (unpaired) electrons. The Labute approximate surface area is 138 Å². The molecule has 0 aliphatic rings. The maximum absolute atomic E-state index is 13.0. The summed E-state index contributed by atoms with van der Waals surface area (Å²) < 4.78 is 33.5. The summed E-state index contributed by atoms with van der Waals surface area (Å²) in [6, 6.07) is 1.79. The third-order valence-corrected chi connectivity index (χ3v) is 5.89. The van der Waals surface area contributed by atoms with Gasteiger partial charge in [0.25, 0.3) is 0 Å². The maximum Gasteiger partial charge on any atom is 0.346 e. The van der Waals surface area contributed by atoms with E-state index in [1.165, 1.54) is 0 Å². The molecule has 1 heterocycles. The van der Waals surface area contributed by atoms with Crippen LogP contribution in [0.15, 0.2) is 11.0 Å². The molecule has 0 spiro atoms. The van der Waals surface area contributed by atoms with Crippen molar-refractivity contribution in [3.63, 3.8) is 0 Å². The molecule has 126 valence electrons. The van der Waals surface area contributed by atoms with Gasteiger partial charge >= 0.3 is 10.4 Å². The van der Waals surface area contributed by atoms with E-state index in [-0.39, 0.29) is 0 Å². The highest BCUT2D eigenvalue weighted by Gasteiger charge is 2.37. The van der Waals surface area contributed by atoms with Crippen molar-refractivity contribution in [1.29, 1.82) is 0 Å². The molecular weight excluding hydrogens is 314 g/mol. The standard InChI is InChI=1S/C16H23N3O3S/c1-9-8-14(22-7)10(2)11(3)16(9)23(20,21)18-15-12(4)17-19(6)13(15)5/h8H,1-7H3,(H-,18,20,21)/p+1. The minimum absolute atomic E-state index is 0.401. The van der Waals surface area contributed by atoms with Crippen molar-refractivity contribution in [3.05, 3.63) is 34.1 Å². The van der Waals surface area contributed by atoms with Crippen molar-refractivity contribution < 1.29 is 13.5 Å². The molecule has 0 saturated carbocycles. The number of anilines is 1. The average Bonchev–Trinajstić information content (AvgIpc) is 2.69. The van der Waals surface area contributed by atoms with Crippen LogP contribution in [0.3, 0.4) is 0 Å². The lowest BCUT2D eigenvalue weighted by atomic mass is 10.1. The smallest absolute Gasteiger partial charge is 0.346 e. The zero-order valence-corrected chi connectivity index (χ0v) is 15.5. The number of hydrogen-bond acceptors (Lipinski definition) is 3. The summed E-state index contributed by atoms with van der Waals surface area (Å²) in [6.07, 6.45) is 0. The van der Waals surface area contributed by atoms with E-state index in [2.05, 4.69) is 9.82 Å². The fourth-order valence-corrected chi connectivity index (χ4v) is 4.51. The summed E-state index contributed by atoms with van der Waals surface area (Å²) in [5, 5.41) is 4.28. The van der Waals surface area contributed by atoms with Crippen LogP contribution in [0.1, 0.15) is 28.1 Å². The Bertz CT molecular complexity index is 812. The Morgan fingerprint density at radius 2 is 1.83 bits per heavy atom. The lowest BCUT2D eigenvalue weighted by Crippen LogP contribution is -2.24. The Hall–Kier alpha value is -1.86. The second-order valence-corrected chi connectivity index (χ2v) is 7.44. The van der Waals surface area contributed by atoms with Crippen molar-refractivity contribution in [1.82, 2.24) is 9.78 Å². The van der Waals surface area contributed by atoms with Gasteiger partial charge in [0, 0.05) is 18.2 Å². The molecule has 2 aromatic rings. The molecule has 1 atom stereocenters. The number of aromatic nitrogens is 2. The predicted molar refractivity (Wildman–Crippen MR) is 92.5 cm³/mol. The van der Waals surface area contributed by atoms with Gasteiger partial charge in [0.2, 0.25) is 4.90 Å². The second kappa shape index (κ2) is 5.98. The third-order valence-electron chi connectivity index (χ3n) is 4.22. The number of ether oxygens (including phenoxy) is 1. The van der Waals surface area contributed by atoms with Gasteiger partial charge in [-0.15, -0.1) is 0 Å². The average molecular weight is 338 g/mol. The van der Waals surface area contributed by atoms with Crippen molar-refractivity contribution in [2.75, 3.05) is 11.8 Å². The van der Waals surface area contributed by atoms with Gasteiger partial charge in [0.1, 0.15) is 11.4 Å². The lowest BCUT2D eigenvalue weighted by molar-refractivity contribution is 0.410. The molecule has 2 N–H and O–H groups in total. The topological polar surface area (TPSA) is 76.4 Å². The molecule has 1 aromatic heterocycles. The molecular formula is C16H24N3O3S+. The zero-order chi connectivity index (χ0) is 17.5. The molecule has 1 aromatic carbocycles. The van der Waals surface area contributed by atoms with Gasteiger partial charge in [-0.3, -0.25) is 4.68 Å². The van der Waals surface area contributed by atoms with Crippen molar-refractivity contribution in [2.45, 2.75) is 39.5 Å². The van der Waals surface area contributed by atoms with E-state index in [4.69, 9.17) is 4.74 Å². The van der Waals surface area contributed by atoms with Gasteiger partial charge in [-0.2, -0.15) is 14.4 Å². The van der Waals surface area contributed by atoms with Crippen molar-refractivity contribution in [3.8, 4) is 5.75 Å². The van der Waals surface area contributed by atoms with Crippen LogP contribution in [-0.4, -0.2) is 21.4 Å². The Balaban J connectivity index is 2.56. The number of hydrogen-bond donors (Lipinski definition) is 2. The molecule has 6 nitrogen and oxygen atoms in total. The van der Waals surface area contributed by atoms with Crippen LogP contribution >= 0.6 is 0 Å². The highest BCUT2D eigenvalue weighted by molar-refractivity contribution is 7.99. The predicted octanol–water partition coefficient (Wildman–Crippen LogP) is 3.33. The number of nitrogens with zero attached hydrogens (tertiary/aromatic N) is 2. The van der Waals surface area contributed by atoms with E-state index in [1.54, 1.807) is 24.9 Å². The molecule has 23 heavy (non-hydrogen) atoms. The van der Waals surface area contributed by atoms with Gasteiger partial charge in [0.05, 0.1) is 18.5 Å². The Morgan fingerprint density at radius 1 is 1.22 bits per heavy atom. The monoisotopic (exact) mass is 338 g/mol. The van der Waals surface area contributed by atoms with E-state index in [9.17, 15) is 8.76 Å². The Morgan fingerprint density at radius 3 is 2.30 bits per heavy atom. The molecule has 0 fully saturated rings. The summed E-state index contributed by atoms with van der Waals surface area (Å²) in [7, 11) is -0.0614. The quantitative estimate of drug-likeness (QED) is 0.839. The number of nitrogens with one attached hydrogen (secondary N) is 1. The third kappa shape index (κ3) is 2.98. The number of rotatable bonds is 4. The van der Waals surface area contributed by atoms with Crippen LogP contribution in [0.2, 0.25) is 0 Å². The minimum Gasteiger partial charge on any atom is -0.496 e. The van der Waals surface area contributed by atoms with Gasteiger partial charge in [-0.05, 0) is 50.5 Å². The van der Waals surface area contributed by atoms with E-state index < -0.39 is 10.4 Å². The summed E-state index contributed by atoms with van der Waals surface area (Å²) >= 11 is 0. The van der Waals surface area contributed by atoms with Gasteiger partial charge in [-0.1, -0.05) is 0 Å². The van der Waals surface area contributed by atoms with Crippen LogP contribution in [0.5, 0.6) is 5.75 Å². The first-order valence-electron chi connectivity index (χ1n) is 7.29. The fraction of sp³-hybridized carbons (Fsp3) is 0.438. The normalized spacial score (nSPS) is 13.7. The molecule has 1 unspecified atom stereocenters. The molecule has 0 bridgehead atoms. The van der Waals surface area contributed by atoms with E-state index in [1.807, 2.05) is 34.6 Å². The van der Waals surface area contributed by atoms with Crippen molar-refractivity contribution in [2.24, 2.45) is 7.05 Å². The first-order chi connectivity index (χ1) is 10.6. The summed E-state index contributed by atoms with van der Waals surface area (Å²) in [5.74, 6) is 0.715. The van der Waals surface area contributed by atoms with Gasteiger partial charge < -0.3 is 4.74 Å². The number of methoxy groups -OCH3 is 1. The molecule has 0 amide bonds. The van der Waals surface area contributed by atoms with E-state index in [0.717, 1.165) is 16.8 Å². The Kier molecular flexibility index (Phi) is 4.54. The largest absolute Gasteiger partial charge is 0.496 e. The number of benzene rings is 1. The molecule has 7 heteroatoms. The molecule has 0 aliphatic heterocycles. The first-order valence-corrected chi connectivity index (χ1v) is 8.81. The fourth-order valence-electron chi connectivity index (χ4n) is 2.77. The highest BCUT2D eigenvalue weighted by atomic mass is 32.3. The zero-order valence-electron chi connectivity index (χ0n) is 14.6. The minimum atomic E-state index is -3.46. The van der Waals surface area contributed by atoms with Crippen LogP contribution in [0, 0.1) is 34.6 Å². The lowest BCUT2D eigenvalue weighted by Gasteiger charge is -2.15. The van der Waals surface area contributed by atoms with Crippen molar-refractivity contribution >= 4 is 16.1 Å². The first kappa shape index (κ1) is 17.5. The van der Waals surface area contributed by atoms with E-state index in [0.29, 0.717) is 27.6 Å². The molecule has 2 rings (SSSR count). The summed E-state index contributed by atoms with van der Waals surface area (Å²) in [5.41, 5.74) is 4.41. The number of aryl methyl sites for hydroxylation is 3. The van der Waals surface area contributed by atoms with Gasteiger partial charge in [0.15, 0.2) is 0 Å². The highest BCUT2D eigenvalue weighted by Crippen LogP contribution is 2.34. The van der Waals surface area contributed by atoms with Crippen LogP contribution in [0.4, 0.5) is 5.69 Å².